The van der Waals surface area contributed by atoms with Crippen LogP contribution in [0.3, 0.4) is 0 Å². The van der Waals surface area contributed by atoms with Crippen LogP contribution in [0.5, 0.6) is 17.2 Å². The SMILES string of the molecule is COc1ccc(C(=NO)C(C)C2CCN(C(C)=O)CC2)c(O)c1OC. The number of phenols is 1. The zero-order valence-electron chi connectivity index (χ0n) is 15.2. The summed E-state index contributed by atoms with van der Waals surface area (Å²) in [6.07, 6.45) is 1.65. The van der Waals surface area contributed by atoms with E-state index < -0.39 is 0 Å². The number of phenolic OH excluding ortho intramolecular Hbond substituents is 1. The molecule has 0 radical (unpaired) electrons. The highest BCUT2D eigenvalue weighted by molar-refractivity contribution is 6.05. The Labute approximate surface area is 147 Å². The molecule has 2 rings (SSSR count). The van der Waals surface area contributed by atoms with Crippen molar-refractivity contribution in [1.82, 2.24) is 4.90 Å². The first-order valence-electron chi connectivity index (χ1n) is 8.36. The first-order valence-corrected chi connectivity index (χ1v) is 8.36. The van der Waals surface area contributed by atoms with Crippen LogP contribution in [-0.4, -0.2) is 54.1 Å². The van der Waals surface area contributed by atoms with Gasteiger partial charge in [-0.05, 0) is 30.9 Å². The number of amides is 1. The number of carbonyl (C=O) groups is 1. The molecule has 7 nitrogen and oxygen atoms in total. The number of rotatable bonds is 5. The zero-order chi connectivity index (χ0) is 18.6. The zero-order valence-corrected chi connectivity index (χ0v) is 15.2. The lowest BCUT2D eigenvalue weighted by Crippen LogP contribution is -2.39. The van der Waals surface area contributed by atoms with Gasteiger partial charge >= 0.3 is 0 Å². The first kappa shape index (κ1) is 18.9. The summed E-state index contributed by atoms with van der Waals surface area (Å²) < 4.78 is 10.4. The molecule has 0 aliphatic carbocycles. The third kappa shape index (κ3) is 3.81. The van der Waals surface area contributed by atoms with E-state index in [9.17, 15) is 15.1 Å². The molecule has 1 saturated heterocycles. The Morgan fingerprint density at radius 3 is 2.40 bits per heavy atom. The summed E-state index contributed by atoms with van der Waals surface area (Å²) in [5.74, 6) is 0.766. The summed E-state index contributed by atoms with van der Waals surface area (Å²) in [6, 6.07) is 3.33. The predicted octanol–water partition coefficient (Wildman–Crippen LogP) is 2.48. The molecule has 1 aromatic carbocycles. The number of piperidine rings is 1. The second kappa shape index (κ2) is 8.09. The summed E-state index contributed by atoms with van der Waals surface area (Å²) in [4.78, 5) is 13.3. The summed E-state index contributed by atoms with van der Waals surface area (Å²) in [7, 11) is 2.93. The van der Waals surface area contributed by atoms with E-state index in [1.54, 1.807) is 19.1 Å². The monoisotopic (exact) mass is 350 g/mol. The summed E-state index contributed by atoms with van der Waals surface area (Å²) in [5, 5.41) is 23.5. The molecule has 1 fully saturated rings. The number of benzene rings is 1. The largest absolute Gasteiger partial charge is 0.504 e. The number of oxime groups is 1. The van der Waals surface area contributed by atoms with Gasteiger partial charge in [-0.1, -0.05) is 12.1 Å². The van der Waals surface area contributed by atoms with Crippen LogP contribution < -0.4 is 9.47 Å². The molecule has 0 spiro atoms. The van der Waals surface area contributed by atoms with Crippen LogP contribution in [0.4, 0.5) is 0 Å². The van der Waals surface area contributed by atoms with Crippen molar-refractivity contribution in [3.63, 3.8) is 0 Å². The van der Waals surface area contributed by atoms with Crippen LogP contribution in [0, 0.1) is 11.8 Å². The van der Waals surface area contributed by atoms with E-state index in [0.29, 0.717) is 30.1 Å². The summed E-state index contributed by atoms with van der Waals surface area (Å²) >= 11 is 0. The van der Waals surface area contributed by atoms with Gasteiger partial charge in [-0.15, -0.1) is 0 Å². The Balaban J connectivity index is 2.24. The van der Waals surface area contributed by atoms with Crippen LogP contribution in [0.2, 0.25) is 0 Å². The van der Waals surface area contributed by atoms with E-state index in [1.165, 1.54) is 14.2 Å². The number of methoxy groups -OCH3 is 2. The van der Waals surface area contributed by atoms with E-state index in [-0.39, 0.29) is 29.2 Å². The van der Waals surface area contributed by atoms with Crippen LogP contribution >= 0.6 is 0 Å². The van der Waals surface area contributed by atoms with Gasteiger partial charge in [0.05, 0.1) is 19.9 Å². The lowest BCUT2D eigenvalue weighted by molar-refractivity contribution is -0.130. The number of ether oxygens (including phenoxy) is 2. The average Bonchev–Trinajstić information content (AvgIpc) is 2.63. The van der Waals surface area contributed by atoms with Crippen molar-refractivity contribution in [3.05, 3.63) is 17.7 Å². The maximum atomic E-state index is 11.5. The van der Waals surface area contributed by atoms with Gasteiger partial charge in [-0.2, -0.15) is 0 Å². The van der Waals surface area contributed by atoms with Crippen molar-refractivity contribution >= 4 is 11.6 Å². The molecule has 1 aliphatic heterocycles. The summed E-state index contributed by atoms with van der Waals surface area (Å²) in [6.45, 7) is 4.94. The van der Waals surface area contributed by atoms with Gasteiger partial charge in [0.25, 0.3) is 0 Å². The molecule has 7 heteroatoms. The van der Waals surface area contributed by atoms with Crippen molar-refractivity contribution in [2.45, 2.75) is 26.7 Å². The Kier molecular flexibility index (Phi) is 6.12. The van der Waals surface area contributed by atoms with Crippen molar-refractivity contribution in [2.24, 2.45) is 17.0 Å². The highest BCUT2D eigenvalue weighted by Gasteiger charge is 2.30. The van der Waals surface area contributed by atoms with E-state index in [1.807, 2.05) is 11.8 Å². The third-order valence-corrected chi connectivity index (χ3v) is 5.03. The highest BCUT2D eigenvalue weighted by Crippen LogP contribution is 2.41. The second-order valence-electron chi connectivity index (χ2n) is 6.31. The standard InChI is InChI=1S/C18H26N2O5/c1-11(13-7-9-20(10-8-13)12(2)21)16(19-23)14-5-6-15(24-3)18(25-4)17(14)22/h5-6,11,13,22-23H,7-10H2,1-4H3. The molecule has 2 N–H and O–H groups in total. The molecule has 1 aliphatic rings. The van der Waals surface area contributed by atoms with Crippen molar-refractivity contribution in [1.29, 1.82) is 0 Å². The number of hydrogen-bond acceptors (Lipinski definition) is 6. The normalized spacial score (nSPS) is 17.3. The number of carbonyl (C=O) groups excluding carboxylic acids is 1. The maximum absolute atomic E-state index is 11.5. The predicted molar refractivity (Wildman–Crippen MR) is 93.7 cm³/mol. The van der Waals surface area contributed by atoms with Crippen LogP contribution in [0.15, 0.2) is 17.3 Å². The minimum Gasteiger partial charge on any atom is -0.504 e. The Morgan fingerprint density at radius 2 is 1.92 bits per heavy atom. The molecule has 0 saturated carbocycles. The molecule has 25 heavy (non-hydrogen) atoms. The van der Waals surface area contributed by atoms with Crippen LogP contribution in [-0.2, 0) is 4.79 Å². The molecule has 0 aromatic heterocycles. The van der Waals surface area contributed by atoms with E-state index >= 15 is 0 Å². The number of nitrogens with zero attached hydrogens (tertiary/aromatic N) is 2. The van der Waals surface area contributed by atoms with Crippen molar-refractivity contribution < 1.29 is 24.6 Å². The highest BCUT2D eigenvalue weighted by atomic mass is 16.5. The van der Waals surface area contributed by atoms with Gasteiger partial charge in [0.2, 0.25) is 11.7 Å². The molecule has 138 valence electrons. The fourth-order valence-electron chi connectivity index (χ4n) is 3.45. The molecular weight excluding hydrogens is 324 g/mol. The Morgan fingerprint density at radius 1 is 1.28 bits per heavy atom. The van der Waals surface area contributed by atoms with Crippen molar-refractivity contribution in [3.8, 4) is 17.2 Å². The Bertz CT molecular complexity index is 651. The van der Waals surface area contributed by atoms with Gasteiger partial charge in [-0.3, -0.25) is 4.79 Å². The Hall–Kier alpha value is -2.44. The summed E-state index contributed by atoms with van der Waals surface area (Å²) in [5.41, 5.74) is 0.821. The van der Waals surface area contributed by atoms with Gasteiger partial charge in [0.1, 0.15) is 0 Å². The number of aromatic hydroxyl groups is 1. The molecular formula is C18H26N2O5. The minimum absolute atomic E-state index is 0.0805. The first-order chi connectivity index (χ1) is 11.9. The van der Waals surface area contributed by atoms with Gasteiger partial charge < -0.3 is 24.7 Å². The lowest BCUT2D eigenvalue weighted by atomic mass is 9.80. The number of hydrogen-bond donors (Lipinski definition) is 2. The smallest absolute Gasteiger partial charge is 0.219 e. The average molecular weight is 350 g/mol. The van der Waals surface area contributed by atoms with Gasteiger partial charge in [0, 0.05) is 31.5 Å². The van der Waals surface area contributed by atoms with Gasteiger partial charge in [-0.25, -0.2) is 0 Å². The molecule has 1 atom stereocenters. The van der Waals surface area contributed by atoms with Crippen LogP contribution in [0.25, 0.3) is 0 Å². The van der Waals surface area contributed by atoms with E-state index in [2.05, 4.69) is 5.16 Å². The fourth-order valence-corrected chi connectivity index (χ4v) is 3.45. The topological polar surface area (TPSA) is 91.6 Å². The number of likely N-dealkylation sites (tertiary alicyclic amines) is 1. The minimum atomic E-state index is -0.109. The third-order valence-electron chi connectivity index (χ3n) is 5.03. The molecule has 1 unspecified atom stereocenters. The molecule has 0 bridgehead atoms. The maximum Gasteiger partial charge on any atom is 0.219 e. The van der Waals surface area contributed by atoms with E-state index in [4.69, 9.17) is 9.47 Å². The van der Waals surface area contributed by atoms with Gasteiger partial charge in [0.15, 0.2) is 11.5 Å². The lowest BCUT2D eigenvalue weighted by Gasteiger charge is -2.34. The second-order valence-corrected chi connectivity index (χ2v) is 6.31. The van der Waals surface area contributed by atoms with Crippen molar-refractivity contribution in [2.75, 3.05) is 27.3 Å². The fraction of sp³-hybridized carbons (Fsp3) is 0.556. The quantitative estimate of drug-likeness (QED) is 0.484. The molecule has 1 aromatic rings. The van der Waals surface area contributed by atoms with E-state index in [0.717, 1.165) is 12.8 Å². The van der Waals surface area contributed by atoms with Crippen LogP contribution in [0.1, 0.15) is 32.3 Å². The molecule has 1 amide bonds. The molecule has 1 heterocycles.